The minimum absolute atomic E-state index is 0.0399. The first-order valence-corrected chi connectivity index (χ1v) is 8.69. The molecule has 0 saturated heterocycles. The molecule has 1 fully saturated rings. The number of allylic oxidation sites excluding steroid dienone is 2. The van der Waals surface area contributed by atoms with Crippen molar-refractivity contribution >= 4 is 11.4 Å². The van der Waals surface area contributed by atoms with Crippen molar-refractivity contribution < 1.29 is 19.7 Å². The zero-order chi connectivity index (χ0) is 18.7. The predicted octanol–water partition coefficient (Wildman–Crippen LogP) is 4.59. The maximum absolute atomic E-state index is 12.9. The standard InChI is InChI=1S/C21H26O4/c1-10(2)15-18(23)16-14(22)9-13-12(4)11(3)7-8-21(13,5)17(16)19(24)20(15)25-6/h11,13,23-24H,1,4,7-9H2,2-3,5-6H3/t11-,13?,21-/m0/s1. The minimum Gasteiger partial charge on any atom is -0.506 e. The highest BCUT2D eigenvalue weighted by Gasteiger charge is 2.51. The van der Waals surface area contributed by atoms with E-state index in [2.05, 4.69) is 27.0 Å². The van der Waals surface area contributed by atoms with Crippen LogP contribution in [0.3, 0.4) is 0 Å². The topological polar surface area (TPSA) is 66.8 Å². The Kier molecular flexibility index (Phi) is 3.98. The van der Waals surface area contributed by atoms with E-state index >= 15 is 0 Å². The Morgan fingerprint density at radius 2 is 1.96 bits per heavy atom. The van der Waals surface area contributed by atoms with E-state index in [-0.39, 0.29) is 34.5 Å². The molecule has 1 unspecified atom stereocenters. The van der Waals surface area contributed by atoms with Gasteiger partial charge in [-0.2, -0.15) is 0 Å². The van der Waals surface area contributed by atoms with Crippen LogP contribution >= 0.6 is 0 Å². The second-order valence-electron chi connectivity index (χ2n) is 7.75. The monoisotopic (exact) mass is 342 g/mol. The SMILES string of the molecule is C=C(C)c1c(O)c2c(c(O)c1OC)[C@@]1(C)CC[C@H](C)C(=C)C1CC2=O. The number of ether oxygens (including phenoxy) is 1. The van der Waals surface area contributed by atoms with Crippen molar-refractivity contribution in [1.82, 2.24) is 0 Å². The Morgan fingerprint density at radius 3 is 2.52 bits per heavy atom. The number of aromatic hydroxyl groups is 2. The van der Waals surface area contributed by atoms with Crippen molar-refractivity contribution in [3.8, 4) is 17.2 Å². The van der Waals surface area contributed by atoms with E-state index in [1.54, 1.807) is 6.92 Å². The quantitative estimate of drug-likeness (QED) is 0.609. The number of ketones is 1. The molecule has 0 amide bonds. The number of phenolic OH excluding ortho intramolecular Hbond substituents is 2. The first-order valence-electron chi connectivity index (χ1n) is 8.69. The lowest BCUT2D eigenvalue weighted by Crippen LogP contribution is -2.44. The van der Waals surface area contributed by atoms with Crippen molar-refractivity contribution in [2.45, 2.75) is 45.4 Å². The summed E-state index contributed by atoms with van der Waals surface area (Å²) < 4.78 is 5.39. The van der Waals surface area contributed by atoms with Gasteiger partial charge in [0.25, 0.3) is 0 Å². The summed E-state index contributed by atoms with van der Waals surface area (Å²) in [6.07, 6.45) is 2.06. The van der Waals surface area contributed by atoms with Crippen LogP contribution in [-0.4, -0.2) is 23.1 Å². The lowest BCUT2D eigenvalue weighted by atomic mass is 9.54. The van der Waals surface area contributed by atoms with Crippen LogP contribution in [0, 0.1) is 11.8 Å². The van der Waals surface area contributed by atoms with Crippen LogP contribution in [0.25, 0.3) is 5.57 Å². The molecule has 3 atom stereocenters. The molecule has 1 aromatic rings. The maximum Gasteiger partial charge on any atom is 0.172 e. The number of fused-ring (bicyclic) bond motifs is 3. The number of carbonyl (C=O) groups excluding carboxylic acids is 1. The second-order valence-corrected chi connectivity index (χ2v) is 7.75. The number of phenols is 2. The fourth-order valence-corrected chi connectivity index (χ4v) is 4.70. The van der Waals surface area contributed by atoms with Gasteiger partial charge in [-0.05, 0) is 37.2 Å². The van der Waals surface area contributed by atoms with Gasteiger partial charge in [-0.1, -0.05) is 32.6 Å². The number of Topliss-reactive ketones (excluding diaryl/α,β-unsaturated/α-hetero) is 1. The van der Waals surface area contributed by atoms with Gasteiger partial charge in [-0.25, -0.2) is 0 Å². The fraction of sp³-hybridized carbons (Fsp3) is 0.476. The lowest BCUT2D eigenvalue weighted by molar-refractivity contribution is 0.0883. The third kappa shape index (κ3) is 2.23. The number of carbonyl (C=O) groups is 1. The zero-order valence-electron chi connectivity index (χ0n) is 15.4. The van der Waals surface area contributed by atoms with E-state index in [9.17, 15) is 15.0 Å². The van der Waals surface area contributed by atoms with Gasteiger partial charge in [0.15, 0.2) is 17.3 Å². The van der Waals surface area contributed by atoms with Crippen LogP contribution in [0.15, 0.2) is 18.7 Å². The molecule has 0 spiro atoms. The van der Waals surface area contributed by atoms with Crippen LogP contribution in [0.4, 0.5) is 0 Å². The first-order chi connectivity index (χ1) is 11.6. The molecule has 2 N–H and O–H groups in total. The van der Waals surface area contributed by atoms with Crippen molar-refractivity contribution in [2.24, 2.45) is 11.8 Å². The molecule has 4 nitrogen and oxygen atoms in total. The van der Waals surface area contributed by atoms with E-state index in [1.807, 2.05) is 0 Å². The van der Waals surface area contributed by atoms with Crippen molar-refractivity contribution in [2.75, 3.05) is 7.11 Å². The maximum atomic E-state index is 12.9. The number of rotatable bonds is 2. The Bertz CT molecular complexity index is 805. The summed E-state index contributed by atoms with van der Waals surface area (Å²) in [4.78, 5) is 12.9. The second kappa shape index (κ2) is 5.65. The summed E-state index contributed by atoms with van der Waals surface area (Å²) in [6, 6.07) is 0. The highest BCUT2D eigenvalue weighted by atomic mass is 16.5. The van der Waals surface area contributed by atoms with Gasteiger partial charge in [0.05, 0.1) is 18.2 Å². The minimum atomic E-state index is -0.449. The van der Waals surface area contributed by atoms with E-state index in [1.165, 1.54) is 7.11 Å². The summed E-state index contributed by atoms with van der Waals surface area (Å²) in [6.45, 7) is 14.0. The van der Waals surface area contributed by atoms with Crippen molar-refractivity contribution in [3.63, 3.8) is 0 Å². The van der Waals surface area contributed by atoms with Gasteiger partial charge in [0.2, 0.25) is 0 Å². The Labute approximate surface area is 148 Å². The molecule has 1 saturated carbocycles. The molecule has 0 aliphatic heterocycles. The smallest absolute Gasteiger partial charge is 0.172 e. The number of methoxy groups -OCH3 is 1. The van der Waals surface area contributed by atoms with E-state index in [0.717, 1.165) is 18.4 Å². The molecule has 134 valence electrons. The Balaban J connectivity index is 2.38. The lowest BCUT2D eigenvalue weighted by Gasteiger charge is -2.49. The van der Waals surface area contributed by atoms with E-state index in [0.29, 0.717) is 29.0 Å². The molecule has 3 rings (SSSR count). The van der Waals surface area contributed by atoms with Gasteiger partial charge >= 0.3 is 0 Å². The number of benzene rings is 1. The third-order valence-electron chi connectivity index (χ3n) is 6.22. The summed E-state index contributed by atoms with van der Waals surface area (Å²) >= 11 is 0. The van der Waals surface area contributed by atoms with Crippen LogP contribution in [0.1, 0.15) is 61.5 Å². The van der Waals surface area contributed by atoms with Gasteiger partial charge in [0.1, 0.15) is 5.75 Å². The molecule has 25 heavy (non-hydrogen) atoms. The number of hydrogen-bond acceptors (Lipinski definition) is 4. The molecule has 1 aromatic carbocycles. The Morgan fingerprint density at radius 1 is 1.32 bits per heavy atom. The highest BCUT2D eigenvalue weighted by molar-refractivity contribution is 6.05. The van der Waals surface area contributed by atoms with Gasteiger partial charge in [-0.15, -0.1) is 0 Å². The Hall–Kier alpha value is -2.23. The van der Waals surface area contributed by atoms with E-state index in [4.69, 9.17) is 4.74 Å². The normalized spacial score (nSPS) is 28.3. The molecular weight excluding hydrogens is 316 g/mol. The van der Waals surface area contributed by atoms with Crippen LogP contribution in [0.2, 0.25) is 0 Å². The molecular formula is C21H26O4. The molecule has 0 bridgehead atoms. The molecule has 2 aliphatic rings. The summed E-state index contributed by atoms with van der Waals surface area (Å²) in [5, 5.41) is 21.8. The molecule has 0 heterocycles. The summed E-state index contributed by atoms with van der Waals surface area (Å²) in [5.41, 5.74) is 2.16. The largest absolute Gasteiger partial charge is 0.506 e. The van der Waals surface area contributed by atoms with Crippen molar-refractivity contribution in [3.05, 3.63) is 35.4 Å². The highest BCUT2D eigenvalue weighted by Crippen LogP contribution is 2.60. The van der Waals surface area contributed by atoms with Crippen LogP contribution < -0.4 is 4.74 Å². The van der Waals surface area contributed by atoms with Gasteiger partial charge < -0.3 is 14.9 Å². The van der Waals surface area contributed by atoms with E-state index < -0.39 is 5.41 Å². The average molecular weight is 342 g/mol. The molecule has 2 aliphatic carbocycles. The summed E-state index contributed by atoms with van der Waals surface area (Å²) in [7, 11) is 1.44. The zero-order valence-corrected chi connectivity index (χ0v) is 15.4. The van der Waals surface area contributed by atoms with Crippen LogP contribution in [0.5, 0.6) is 17.2 Å². The molecule has 0 radical (unpaired) electrons. The first kappa shape index (κ1) is 17.6. The number of hydrogen-bond donors (Lipinski definition) is 2. The third-order valence-corrected chi connectivity index (χ3v) is 6.22. The average Bonchev–Trinajstić information content (AvgIpc) is 2.55. The van der Waals surface area contributed by atoms with Gasteiger partial charge in [-0.3, -0.25) is 4.79 Å². The molecule has 0 aromatic heterocycles. The summed E-state index contributed by atoms with van der Waals surface area (Å²) in [5.74, 6) is 0.136. The van der Waals surface area contributed by atoms with Crippen molar-refractivity contribution in [1.29, 1.82) is 0 Å². The molecule has 4 heteroatoms. The van der Waals surface area contributed by atoms with Gasteiger partial charge in [0, 0.05) is 17.4 Å². The van der Waals surface area contributed by atoms with Crippen LogP contribution in [-0.2, 0) is 5.41 Å². The fourth-order valence-electron chi connectivity index (χ4n) is 4.70. The predicted molar refractivity (Wildman–Crippen MR) is 98.4 cm³/mol.